The van der Waals surface area contributed by atoms with Crippen LogP contribution in [-0.2, 0) is 17.9 Å². The fourth-order valence-electron chi connectivity index (χ4n) is 2.00. The fraction of sp³-hybridized carbons (Fsp3) is 0.250. The number of hydrogen-bond donors (Lipinski definition) is 1. The molecule has 21 heavy (non-hydrogen) atoms. The van der Waals surface area contributed by atoms with Crippen molar-refractivity contribution in [2.45, 2.75) is 19.8 Å². The number of anilines is 1. The number of methoxy groups -OCH3 is 1. The average Bonchev–Trinajstić information content (AvgIpc) is 2.47. The van der Waals surface area contributed by atoms with Gasteiger partial charge in [0.05, 0.1) is 12.3 Å². The van der Waals surface area contributed by atoms with Crippen molar-refractivity contribution < 1.29 is 18.3 Å². The van der Waals surface area contributed by atoms with E-state index in [0.717, 1.165) is 11.1 Å². The molecule has 3 nitrogen and oxygen atoms in total. The van der Waals surface area contributed by atoms with E-state index in [1.54, 1.807) is 25.3 Å². The number of halogens is 2. The lowest BCUT2D eigenvalue weighted by Gasteiger charge is -2.13. The van der Waals surface area contributed by atoms with Crippen LogP contribution in [0.4, 0.5) is 14.5 Å². The van der Waals surface area contributed by atoms with Crippen LogP contribution in [0.15, 0.2) is 48.5 Å². The molecule has 0 atom stereocenters. The SMILES string of the molecule is COCc1cccc(CNc2ccccc2OC(F)F)c1. The molecule has 2 rings (SSSR count). The highest BCUT2D eigenvalue weighted by atomic mass is 19.3. The Kier molecular flexibility index (Phi) is 5.51. The molecule has 0 aromatic heterocycles. The van der Waals surface area contributed by atoms with Gasteiger partial charge in [0.15, 0.2) is 0 Å². The zero-order valence-electron chi connectivity index (χ0n) is 11.7. The largest absolute Gasteiger partial charge is 0.433 e. The number of para-hydroxylation sites is 2. The number of hydrogen-bond acceptors (Lipinski definition) is 3. The molecule has 5 heteroatoms. The lowest BCUT2D eigenvalue weighted by molar-refractivity contribution is -0.0493. The van der Waals surface area contributed by atoms with Gasteiger partial charge >= 0.3 is 6.61 Å². The lowest BCUT2D eigenvalue weighted by atomic mass is 10.1. The zero-order valence-corrected chi connectivity index (χ0v) is 11.7. The Morgan fingerprint density at radius 1 is 1.05 bits per heavy atom. The molecule has 0 aliphatic heterocycles. The molecule has 112 valence electrons. The van der Waals surface area contributed by atoms with Crippen LogP contribution in [0, 0.1) is 0 Å². The van der Waals surface area contributed by atoms with Crippen LogP contribution in [0.25, 0.3) is 0 Å². The molecule has 0 saturated heterocycles. The molecule has 0 unspecified atom stereocenters. The highest BCUT2D eigenvalue weighted by Gasteiger charge is 2.08. The van der Waals surface area contributed by atoms with Gasteiger partial charge in [-0.25, -0.2) is 0 Å². The number of benzene rings is 2. The predicted octanol–water partition coefficient (Wildman–Crippen LogP) is 4.05. The second-order valence-corrected chi connectivity index (χ2v) is 4.48. The van der Waals surface area contributed by atoms with Crippen molar-refractivity contribution in [1.29, 1.82) is 0 Å². The van der Waals surface area contributed by atoms with Crippen LogP contribution in [0.1, 0.15) is 11.1 Å². The van der Waals surface area contributed by atoms with E-state index in [0.29, 0.717) is 18.8 Å². The van der Waals surface area contributed by atoms with Gasteiger partial charge in [-0.15, -0.1) is 0 Å². The first kappa shape index (κ1) is 15.3. The standard InChI is InChI=1S/C16H17F2NO2/c1-20-11-13-6-4-5-12(9-13)10-19-14-7-2-3-8-15(14)21-16(17)18/h2-9,16,19H,10-11H2,1H3. The molecule has 0 bridgehead atoms. The molecule has 0 radical (unpaired) electrons. The minimum atomic E-state index is -2.84. The van der Waals surface area contributed by atoms with E-state index >= 15 is 0 Å². The molecule has 0 spiro atoms. The van der Waals surface area contributed by atoms with Gasteiger partial charge in [0.1, 0.15) is 5.75 Å². The van der Waals surface area contributed by atoms with E-state index in [2.05, 4.69) is 10.1 Å². The Balaban J connectivity index is 2.04. The van der Waals surface area contributed by atoms with Crippen LogP contribution >= 0.6 is 0 Å². The van der Waals surface area contributed by atoms with Gasteiger partial charge in [-0.1, -0.05) is 36.4 Å². The Morgan fingerprint density at radius 2 is 1.81 bits per heavy atom. The summed E-state index contributed by atoms with van der Waals surface area (Å²) in [4.78, 5) is 0. The molecule has 2 aromatic rings. The van der Waals surface area contributed by atoms with E-state index in [1.807, 2.05) is 24.3 Å². The van der Waals surface area contributed by atoms with E-state index < -0.39 is 6.61 Å². The molecule has 0 heterocycles. The van der Waals surface area contributed by atoms with Gasteiger partial charge in [-0.3, -0.25) is 0 Å². The van der Waals surface area contributed by atoms with Crippen molar-refractivity contribution in [1.82, 2.24) is 0 Å². The number of rotatable bonds is 7. The molecular weight excluding hydrogens is 276 g/mol. The second kappa shape index (κ2) is 7.59. The van der Waals surface area contributed by atoms with E-state index in [1.165, 1.54) is 6.07 Å². The third-order valence-electron chi connectivity index (χ3n) is 2.89. The Bertz CT molecular complexity index is 576. The summed E-state index contributed by atoms with van der Waals surface area (Å²) >= 11 is 0. The molecule has 0 amide bonds. The molecule has 0 aliphatic rings. The summed E-state index contributed by atoms with van der Waals surface area (Å²) < 4.78 is 34.2. The number of alkyl halides is 2. The first-order valence-corrected chi connectivity index (χ1v) is 6.53. The van der Waals surface area contributed by atoms with Gasteiger partial charge in [0.2, 0.25) is 0 Å². The normalized spacial score (nSPS) is 10.7. The van der Waals surface area contributed by atoms with Crippen molar-refractivity contribution in [3.63, 3.8) is 0 Å². The zero-order chi connectivity index (χ0) is 15.1. The molecule has 0 fully saturated rings. The monoisotopic (exact) mass is 293 g/mol. The highest BCUT2D eigenvalue weighted by molar-refractivity contribution is 5.56. The molecule has 1 N–H and O–H groups in total. The van der Waals surface area contributed by atoms with Crippen molar-refractivity contribution >= 4 is 5.69 Å². The summed E-state index contributed by atoms with van der Waals surface area (Å²) in [5.74, 6) is 0.139. The summed E-state index contributed by atoms with van der Waals surface area (Å²) in [7, 11) is 1.64. The Hall–Kier alpha value is -2.14. The Morgan fingerprint density at radius 3 is 2.57 bits per heavy atom. The number of ether oxygens (including phenoxy) is 2. The minimum absolute atomic E-state index is 0.139. The first-order valence-electron chi connectivity index (χ1n) is 6.53. The number of nitrogens with one attached hydrogen (secondary N) is 1. The van der Waals surface area contributed by atoms with Crippen molar-refractivity contribution in [2.24, 2.45) is 0 Å². The van der Waals surface area contributed by atoms with Gasteiger partial charge in [-0.2, -0.15) is 8.78 Å². The van der Waals surface area contributed by atoms with Crippen LogP contribution in [0.3, 0.4) is 0 Å². The third-order valence-corrected chi connectivity index (χ3v) is 2.89. The molecule has 0 aliphatic carbocycles. The lowest BCUT2D eigenvalue weighted by Crippen LogP contribution is -2.06. The summed E-state index contributed by atoms with van der Waals surface area (Å²) in [6.45, 7) is -1.78. The maximum absolute atomic E-state index is 12.3. The van der Waals surface area contributed by atoms with E-state index in [9.17, 15) is 8.78 Å². The van der Waals surface area contributed by atoms with E-state index in [-0.39, 0.29) is 5.75 Å². The smallest absolute Gasteiger partial charge is 0.387 e. The maximum Gasteiger partial charge on any atom is 0.387 e. The quantitative estimate of drug-likeness (QED) is 0.835. The summed E-state index contributed by atoms with van der Waals surface area (Å²) in [5.41, 5.74) is 2.64. The average molecular weight is 293 g/mol. The minimum Gasteiger partial charge on any atom is -0.433 e. The highest BCUT2D eigenvalue weighted by Crippen LogP contribution is 2.26. The van der Waals surface area contributed by atoms with Crippen molar-refractivity contribution in [3.05, 3.63) is 59.7 Å². The summed E-state index contributed by atoms with van der Waals surface area (Å²) in [6, 6.07) is 14.5. The first-order chi connectivity index (χ1) is 10.2. The van der Waals surface area contributed by atoms with Gasteiger partial charge in [0.25, 0.3) is 0 Å². The predicted molar refractivity (Wildman–Crippen MR) is 77.6 cm³/mol. The fourth-order valence-corrected chi connectivity index (χ4v) is 2.00. The van der Waals surface area contributed by atoms with Crippen LogP contribution < -0.4 is 10.1 Å². The molecule has 2 aromatic carbocycles. The topological polar surface area (TPSA) is 30.5 Å². The summed E-state index contributed by atoms with van der Waals surface area (Å²) in [6.07, 6.45) is 0. The van der Waals surface area contributed by atoms with Crippen LogP contribution in [0.2, 0.25) is 0 Å². The van der Waals surface area contributed by atoms with Crippen LogP contribution in [-0.4, -0.2) is 13.7 Å². The van der Waals surface area contributed by atoms with Crippen LogP contribution in [0.5, 0.6) is 5.75 Å². The van der Waals surface area contributed by atoms with Crippen molar-refractivity contribution in [3.8, 4) is 5.75 Å². The second-order valence-electron chi connectivity index (χ2n) is 4.48. The maximum atomic E-state index is 12.3. The van der Waals surface area contributed by atoms with Gasteiger partial charge < -0.3 is 14.8 Å². The third kappa shape index (κ3) is 4.72. The van der Waals surface area contributed by atoms with Gasteiger partial charge in [-0.05, 0) is 23.3 Å². The molecular formula is C16H17F2NO2. The van der Waals surface area contributed by atoms with E-state index in [4.69, 9.17) is 4.74 Å². The van der Waals surface area contributed by atoms with Crippen molar-refractivity contribution in [2.75, 3.05) is 12.4 Å². The molecule has 0 saturated carbocycles. The van der Waals surface area contributed by atoms with Gasteiger partial charge in [0, 0.05) is 13.7 Å². The summed E-state index contributed by atoms with van der Waals surface area (Å²) in [5, 5.41) is 3.11. The Labute approximate surface area is 122 Å².